The van der Waals surface area contributed by atoms with Gasteiger partial charge in [0.05, 0.1) is 4.47 Å². The van der Waals surface area contributed by atoms with E-state index in [2.05, 4.69) is 41.2 Å². The molecule has 0 aliphatic carbocycles. The van der Waals surface area contributed by atoms with E-state index in [1.165, 1.54) is 12.0 Å². The Morgan fingerprint density at radius 1 is 1.44 bits per heavy atom. The second-order valence-electron chi connectivity index (χ2n) is 4.74. The lowest BCUT2D eigenvalue weighted by molar-refractivity contribution is 0.453. The van der Waals surface area contributed by atoms with Gasteiger partial charge in [-0.15, -0.1) is 0 Å². The molecule has 1 fully saturated rings. The summed E-state index contributed by atoms with van der Waals surface area (Å²) in [5.41, 5.74) is 2.31. The fourth-order valence-electron chi connectivity index (χ4n) is 2.19. The first-order valence-electron chi connectivity index (χ1n) is 5.85. The van der Waals surface area contributed by atoms with E-state index >= 15 is 0 Å². The Balaban J connectivity index is 2.41. The highest BCUT2D eigenvalue weighted by Crippen LogP contribution is 2.38. The Morgan fingerprint density at radius 3 is 2.75 bits per heavy atom. The number of nitrogens with one attached hydrogen (secondary N) is 1. The molecule has 1 unspecified atom stereocenters. The molecule has 16 heavy (non-hydrogen) atoms. The molecule has 0 radical (unpaired) electrons. The molecule has 0 spiro atoms. The summed E-state index contributed by atoms with van der Waals surface area (Å²) in [5.74, 6) is 0.876. The van der Waals surface area contributed by atoms with Crippen LogP contribution < -0.4 is 5.32 Å². The van der Waals surface area contributed by atoms with Crippen molar-refractivity contribution in [3.63, 3.8) is 0 Å². The van der Waals surface area contributed by atoms with Gasteiger partial charge in [0, 0.05) is 11.6 Å². The summed E-state index contributed by atoms with van der Waals surface area (Å²) >= 11 is 3.43. The lowest BCUT2D eigenvalue weighted by Gasteiger charge is -2.17. The van der Waals surface area contributed by atoms with Crippen molar-refractivity contribution in [3.8, 4) is 5.75 Å². The number of hydrogen-bond acceptors (Lipinski definition) is 2. The lowest BCUT2D eigenvalue weighted by Crippen LogP contribution is -2.13. The molecule has 2 nitrogen and oxygen atoms in total. The first-order chi connectivity index (χ1) is 7.59. The monoisotopic (exact) mass is 283 g/mol. The molecule has 1 heterocycles. The van der Waals surface area contributed by atoms with Crippen molar-refractivity contribution in [2.75, 3.05) is 6.54 Å². The minimum absolute atomic E-state index is 0.315. The summed E-state index contributed by atoms with van der Waals surface area (Å²) < 4.78 is 0.808. The molecule has 1 aromatic carbocycles. The third-order valence-corrected chi connectivity index (χ3v) is 3.82. The first-order valence-corrected chi connectivity index (χ1v) is 6.64. The van der Waals surface area contributed by atoms with Crippen molar-refractivity contribution in [1.29, 1.82) is 0 Å². The highest BCUT2D eigenvalue weighted by Gasteiger charge is 2.21. The van der Waals surface area contributed by atoms with Crippen LogP contribution >= 0.6 is 15.9 Å². The van der Waals surface area contributed by atoms with Crippen LogP contribution in [0.25, 0.3) is 0 Å². The molecule has 1 aliphatic rings. The molecule has 0 saturated carbocycles. The Morgan fingerprint density at radius 2 is 2.19 bits per heavy atom. The van der Waals surface area contributed by atoms with E-state index in [-0.39, 0.29) is 0 Å². The molecular weight excluding hydrogens is 266 g/mol. The quantitative estimate of drug-likeness (QED) is 0.867. The maximum atomic E-state index is 10.1. The van der Waals surface area contributed by atoms with Crippen molar-refractivity contribution >= 4 is 15.9 Å². The SMILES string of the molecule is CC(C)c1cc(Br)c(O)c(C2CCCN2)c1. The van der Waals surface area contributed by atoms with E-state index in [4.69, 9.17) is 0 Å². The van der Waals surface area contributed by atoms with Crippen molar-refractivity contribution in [2.24, 2.45) is 0 Å². The molecule has 1 saturated heterocycles. The van der Waals surface area contributed by atoms with Gasteiger partial charge in [-0.25, -0.2) is 0 Å². The third kappa shape index (κ3) is 2.25. The van der Waals surface area contributed by atoms with Crippen LogP contribution in [0.5, 0.6) is 5.75 Å². The van der Waals surface area contributed by atoms with E-state index in [1.54, 1.807) is 0 Å². The summed E-state index contributed by atoms with van der Waals surface area (Å²) in [6, 6.07) is 4.46. The van der Waals surface area contributed by atoms with E-state index in [0.29, 0.717) is 17.7 Å². The average Bonchev–Trinajstić information content (AvgIpc) is 2.74. The normalized spacial score (nSPS) is 20.6. The van der Waals surface area contributed by atoms with Gasteiger partial charge in [-0.3, -0.25) is 0 Å². The Labute approximate surface area is 105 Å². The number of halogens is 1. The third-order valence-electron chi connectivity index (χ3n) is 3.22. The molecule has 2 N–H and O–H groups in total. The lowest BCUT2D eigenvalue weighted by atomic mass is 9.96. The van der Waals surface area contributed by atoms with Crippen molar-refractivity contribution < 1.29 is 5.11 Å². The Hall–Kier alpha value is -0.540. The highest BCUT2D eigenvalue weighted by molar-refractivity contribution is 9.10. The van der Waals surface area contributed by atoms with Crippen molar-refractivity contribution in [3.05, 3.63) is 27.7 Å². The smallest absolute Gasteiger partial charge is 0.134 e. The average molecular weight is 284 g/mol. The van der Waals surface area contributed by atoms with Gasteiger partial charge >= 0.3 is 0 Å². The molecular formula is C13H18BrNO. The largest absolute Gasteiger partial charge is 0.506 e. The minimum Gasteiger partial charge on any atom is -0.506 e. The molecule has 0 aromatic heterocycles. The van der Waals surface area contributed by atoms with Gasteiger partial charge in [-0.1, -0.05) is 19.9 Å². The van der Waals surface area contributed by atoms with Gasteiger partial charge in [-0.2, -0.15) is 0 Å². The molecule has 0 bridgehead atoms. The molecule has 1 aliphatic heterocycles. The number of rotatable bonds is 2. The molecule has 3 heteroatoms. The zero-order chi connectivity index (χ0) is 11.7. The molecule has 88 valence electrons. The zero-order valence-electron chi connectivity index (χ0n) is 9.76. The molecule has 0 amide bonds. The summed E-state index contributed by atoms with van der Waals surface area (Å²) in [6.45, 7) is 5.39. The van der Waals surface area contributed by atoms with E-state index in [1.807, 2.05) is 6.07 Å². The van der Waals surface area contributed by atoms with Gasteiger partial charge in [0.25, 0.3) is 0 Å². The van der Waals surface area contributed by atoms with Gasteiger partial charge in [0.2, 0.25) is 0 Å². The van der Waals surface area contributed by atoms with Crippen LogP contribution in [0.1, 0.15) is 49.8 Å². The van der Waals surface area contributed by atoms with Crippen LogP contribution in [0.15, 0.2) is 16.6 Å². The van der Waals surface area contributed by atoms with Gasteiger partial charge in [-0.05, 0) is 52.9 Å². The molecule has 2 rings (SSSR count). The van der Waals surface area contributed by atoms with Crippen LogP contribution in [0.3, 0.4) is 0 Å². The number of benzene rings is 1. The molecule has 1 atom stereocenters. The van der Waals surface area contributed by atoms with Crippen LogP contribution in [0, 0.1) is 0 Å². The minimum atomic E-state index is 0.315. The Kier molecular flexibility index (Phi) is 3.55. The van der Waals surface area contributed by atoms with E-state index < -0.39 is 0 Å². The second kappa shape index (κ2) is 4.76. The van der Waals surface area contributed by atoms with Crippen LogP contribution in [0.2, 0.25) is 0 Å². The fraction of sp³-hybridized carbons (Fsp3) is 0.538. The predicted molar refractivity (Wildman–Crippen MR) is 69.9 cm³/mol. The van der Waals surface area contributed by atoms with Crippen LogP contribution in [0.4, 0.5) is 0 Å². The summed E-state index contributed by atoms with van der Waals surface area (Å²) in [5, 5.41) is 13.5. The number of phenols is 1. The van der Waals surface area contributed by atoms with Gasteiger partial charge < -0.3 is 10.4 Å². The fourth-order valence-corrected chi connectivity index (χ4v) is 2.68. The summed E-state index contributed by atoms with van der Waals surface area (Å²) in [6.07, 6.45) is 2.30. The maximum absolute atomic E-state index is 10.1. The Bertz CT molecular complexity index is 384. The van der Waals surface area contributed by atoms with Crippen LogP contribution in [-0.4, -0.2) is 11.7 Å². The standard InChI is InChI=1S/C13H18BrNO/c1-8(2)9-6-10(12-4-3-5-15-12)13(16)11(14)7-9/h6-8,12,15-16H,3-5H2,1-2H3. The summed E-state index contributed by atoms with van der Waals surface area (Å²) in [4.78, 5) is 0. The number of phenolic OH excluding ortho intramolecular Hbond substituents is 1. The summed E-state index contributed by atoms with van der Waals surface area (Å²) in [7, 11) is 0. The van der Waals surface area contributed by atoms with Crippen LogP contribution in [-0.2, 0) is 0 Å². The van der Waals surface area contributed by atoms with E-state index in [9.17, 15) is 5.11 Å². The van der Waals surface area contributed by atoms with Gasteiger partial charge in [0.15, 0.2) is 0 Å². The number of aromatic hydroxyl groups is 1. The first kappa shape index (κ1) is 11.9. The highest BCUT2D eigenvalue weighted by atomic mass is 79.9. The maximum Gasteiger partial charge on any atom is 0.134 e. The van der Waals surface area contributed by atoms with Gasteiger partial charge in [0.1, 0.15) is 5.75 Å². The zero-order valence-corrected chi connectivity index (χ0v) is 11.3. The number of hydrogen-bond donors (Lipinski definition) is 2. The topological polar surface area (TPSA) is 32.3 Å². The van der Waals surface area contributed by atoms with Crippen molar-refractivity contribution in [1.82, 2.24) is 5.32 Å². The van der Waals surface area contributed by atoms with Crippen molar-refractivity contribution in [2.45, 2.75) is 38.6 Å². The molecule has 1 aromatic rings. The second-order valence-corrected chi connectivity index (χ2v) is 5.60. The van der Waals surface area contributed by atoms with E-state index in [0.717, 1.165) is 23.0 Å². The predicted octanol–water partition coefficient (Wildman–Crippen LogP) is 3.70.